The van der Waals surface area contributed by atoms with Crippen molar-refractivity contribution >= 4 is 21.6 Å². The van der Waals surface area contributed by atoms with Gasteiger partial charge in [-0.2, -0.15) is 0 Å². The molecule has 0 radical (unpaired) electrons. The number of hydrogen-bond acceptors (Lipinski definition) is 3. The van der Waals surface area contributed by atoms with Gasteiger partial charge in [0, 0.05) is 36.7 Å². The molecule has 19 heavy (non-hydrogen) atoms. The second-order valence-corrected chi connectivity index (χ2v) is 6.65. The Hall–Kier alpha value is -0.580. The van der Waals surface area contributed by atoms with Crippen LogP contribution < -0.4 is 10.6 Å². The molecule has 0 spiro atoms. The molecule has 2 atom stereocenters. The molecule has 1 aliphatic heterocycles. The lowest BCUT2D eigenvalue weighted by molar-refractivity contribution is 0.244. The van der Waals surface area contributed by atoms with Crippen molar-refractivity contribution in [3.63, 3.8) is 0 Å². The van der Waals surface area contributed by atoms with Crippen LogP contribution in [0.3, 0.4) is 0 Å². The predicted molar refractivity (Wildman–Crippen MR) is 85.7 cm³/mol. The van der Waals surface area contributed by atoms with Gasteiger partial charge in [-0.15, -0.1) is 0 Å². The highest BCUT2D eigenvalue weighted by Crippen LogP contribution is 2.29. The number of aryl methyl sites for hydroxylation is 1. The van der Waals surface area contributed by atoms with Crippen molar-refractivity contribution in [1.82, 2.24) is 4.90 Å². The Labute approximate surface area is 124 Å². The van der Waals surface area contributed by atoms with Gasteiger partial charge in [0.2, 0.25) is 0 Å². The van der Waals surface area contributed by atoms with Gasteiger partial charge in [0.1, 0.15) is 0 Å². The van der Waals surface area contributed by atoms with E-state index in [1.807, 2.05) is 0 Å². The molecule has 1 fully saturated rings. The Morgan fingerprint density at radius 1 is 1.32 bits per heavy atom. The summed E-state index contributed by atoms with van der Waals surface area (Å²) in [7, 11) is 2.18. The van der Waals surface area contributed by atoms with E-state index in [9.17, 15) is 0 Å². The lowest BCUT2D eigenvalue weighted by Crippen LogP contribution is -2.44. The Morgan fingerprint density at radius 3 is 2.68 bits per heavy atom. The number of anilines is 1. The van der Waals surface area contributed by atoms with Gasteiger partial charge in [0.25, 0.3) is 0 Å². The van der Waals surface area contributed by atoms with E-state index in [0.29, 0.717) is 18.5 Å². The molecule has 1 saturated heterocycles. The number of nitrogens with two attached hydrogens (primary N) is 1. The molecule has 1 aromatic carbocycles. The molecule has 2 N–H and O–H groups in total. The van der Waals surface area contributed by atoms with E-state index in [0.717, 1.165) is 19.6 Å². The zero-order chi connectivity index (χ0) is 14.0. The average molecular weight is 326 g/mol. The minimum absolute atomic E-state index is 0.429. The summed E-state index contributed by atoms with van der Waals surface area (Å²) in [5.74, 6) is 0.648. The van der Waals surface area contributed by atoms with E-state index >= 15 is 0 Å². The number of benzene rings is 1. The largest absolute Gasteiger partial charge is 0.369 e. The van der Waals surface area contributed by atoms with Crippen LogP contribution in [0.5, 0.6) is 0 Å². The summed E-state index contributed by atoms with van der Waals surface area (Å²) in [6.45, 7) is 8.34. The lowest BCUT2D eigenvalue weighted by Gasteiger charge is -2.30. The van der Waals surface area contributed by atoms with Crippen LogP contribution in [0, 0.1) is 12.8 Å². The Kier molecular flexibility index (Phi) is 4.87. The van der Waals surface area contributed by atoms with Crippen molar-refractivity contribution in [2.45, 2.75) is 19.9 Å². The third kappa shape index (κ3) is 3.50. The SMILES string of the molecule is Cc1ccc(N2CC(C)CN(C)C(CN)C2)c(Br)c1. The van der Waals surface area contributed by atoms with Crippen LogP contribution in [0.15, 0.2) is 22.7 Å². The van der Waals surface area contributed by atoms with Gasteiger partial charge in [-0.25, -0.2) is 0 Å². The van der Waals surface area contributed by atoms with E-state index in [1.54, 1.807) is 0 Å². The molecule has 2 rings (SSSR count). The third-order valence-electron chi connectivity index (χ3n) is 3.90. The number of likely N-dealkylation sites (N-methyl/N-ethyl adjacent to an activating group) is 1. The van der Waals surface area contributed by atoms with Crippen LogP contribution in [0.4, 0.5) is 5.69 Å². The van der Waals surface area contributed by atoms with Crippen LogP contribution in [-0.4, -0.2) is 44.2 Å². The standard InChI is InChI=1S/C15H24BrN3/c1-11-4-5-15(14(16)6-11)19-9-12(2)8-18(3)13(7-17)10-19/h4-6,12-13H,7-10,17H2,1-3H3. The molecule has 0 bridgehead atoms. The molecular formula is C15H24BrN3. The second kappa shape index (κ2) is 6.25. The fourth-order valence-corrected chi connectivity index (χ4v) is 3.61. The zero-order valence-electron chi connectivity index (χ0n) is 12.1. The van der Waals surface area contributed by atoms with Crippen LogP contribution in [0.1, 0.15) is 12.5 Å². The summed E-state index contributed by atoms with van der Waals surface area (Å²) in [6.07, 6.45) is 0. The van der Waals surface area contributed by atoms with Crippen molar-refractivity contribution in [2.24, 2.45) is 11.7 Å². The van der Waals surface area contributed by atoms with Crippen LogP contribution in [-0.2, 0) is 0 Å². The number of halogens is 1. The molecule has 3 nitrogen and oxygen atoms in total. The zero-order valence-corrected chi connectivity index (χ0v) is 13.7. The molecule has 0 aliphatic carbocycles. The first kappa shape index (κ1) is 14.8. The van der Waals surface area contributed by atoms with Crippen molar-refractivity contribution in [2.75, 3.05) is 38.1 Å². The summed E-state index contributed by atoms with van der Waals surface area (Å²) < 4.78 is 1.18. The lowest BCUT2D eigenvalue weighted by atomic mass is 10.1. The first-order valence-electron chi connectivity index (χ1n) is 6.92. The summed E-state index contributed by atoms with van der Waals surface area (Å²) in [4.78, 5) is 4.86. The molecule has 1 aromatic rings. The summed E-state index contributed by atoms with van der Waals surface area (Å²) in [6, 6.07) is 7.01. The minimum Gasteiger partial charge on any atom is -0.369 e. The molecule has 0 aromatic heterocycles. The maximum absolute atomic E-state index is 5.93. The molecule has 1 heterocycles. The quantitative estimate of drug-likeness (QED) is 0.906. The fourth-order valence-electron chi connectivity index (χ4n) is 2.86. The molecule has 2 unspecified atom stereocenters. The molecule has 106 valence electrons. The maximum Gasteiger partial charge on any atom is 0.0511 e. The number of hydrogen-bond donors (Lipinski definition) is 1. The Bertz CT molecular complexity index is 435. The molecule has 4 heteroatoms. The van der Waals surface area contributed by atoms with Gasteiger partial charge in [0.15, 0.2) is 0 Å². The van der Waals surface area contributed by atoms with Crippen LogP contribution in [0.2, 0.25) is 0 Å². The highest BCUT2D eigenvalue weighted by atomic mass is 79.9. The Morgan fingerprint density at radius 2 is 2.05 bits per heavy atom. The van der Waals surface area contributed by atoms with Crippen molar-refractivity contribution in [3.8, 4) is 0 Å². The summed E-state index contributed by atoms with van der Waals surface area (Å²) >= 11 is 3.70. The van der Waals surface area contributed by atoms with Gasteiger partial charge in [-0.05, 0) is 53.5 Å². The summed E-state index contributed by atoms with van der Waals surface area (Å²) in [5.41, 5.74) is 8.50. The van der Waals surface area contributed by atoms with E-state index in [1.165, 1.54) is 15.7 Å². The molecule has 1 aliphatic rings. The van der Waals surface area contributed by atoms with E-state index in [2.05, 4.69) is 64.8 Å². The number of rotatable bonds is 2. The van der Waals surface area contributed by atoms with Gasteiger partial charge in [-0.3, -0.25) is 0 Å². The molecule has 0 saturated carbocycles. The van der Waals surface area contributed by atoms with Crippen molar-refractivity contribution in [3.05, 3.63) is 28.2 Å². The first-order chi connectivity index (χ1) is 9.01. The predicted octanol–water partition coefficient (Wildman–Crippen LogP) is 2.47. The van der Waals surface area contributed by atoms with Gasteiger partial charge >= 0.3 is 0 Å². The maximum atomic E-state index is 5.93. The van der Waals surface area contributed by atoms with Crippen LogP contribution >= 0.6 is 15.9 Å². The van der Waals surface area contributed by atoms with E-state index in [-0.39, 0.29) is 0 Å². The van der Waals surface area contributed by atoms with Gasteiger partial charge < -0.3 is 15.5 Å². The molecular weight excluding hydrogens is 302 g/mol. The fraction of sp³-hybridized carbons (Fsp3) is 0.600. The normalized spacial score (nSPS) is 25.4. The highest BCUT2D eigenvalue weighted by molar-refractivity contribution is 9.10. The summed E-state index contributed by atoms with van der Waals surface area (Å²) in [5, 5.41) is 0. The van der Waals surface area contributed by atoms with E-state index in [4.69, 9.17) is 5.73 Å². The monoisotopic (exact) mass is 325 g/mol. The number of nitrogens with zero attached hydrogens (tertiary/aromatic N) is 2. The van der Waals surface area contributed by atoms with Crippen LogP contribution in [0.25, 0.3) is 0 Å². The minimum atomic E-state index is 0.429. The average Bonchev–Trinajstić information content (AvgIpc) is 2.47. The third-order valence-corrected chi connectivity index (χ3v) is 4.54. The van der Waals surface area contributed by atoms with Gasteiger partial charge in [0.05, 0.1) is 5.69 Å². The topological polar surface area (TPSA) is 32.5 Å². The molecule has 0 amide bonds. The first-order valence-corrected chi connectivity index (χ1v) is 7.72. The van der Waals surface area contributed by atoms with Crippen molar-refractivity contribution in [1.29, 1.82) is 0 Å². The van der Waals surface area contributed by atoms with E-state index < -0.39 is 0 Å². The van der Waals surface area contributed by atoms with Crippen molar-refractivity contribution < 1.29 is 0 Å². The Balaban J connectivity index is 2.26. The highest BCUT2D eigenvalue weighted by Gasteiger charge is 2.25. The second-order valence-electron chi connectivity index (χ2n) is 5.79. The van der Waals surface area contributed by atoms with Gasteiger partial charge in [-0.1, -0.05) is 13.0 Å². The smallest absolute Gasteiger partial charge is 0.0511 e.